The predicted octanol–water partition coefficient (Wildman–Crippen LogP) is 7.11. The molecular formula is C36H42O6. The maximum Gasteiger partial charge on any atom is 0.127 e. The van der Waals surface area contributed by atoms with E-state index in [2.05, 4.69) is 42.5 Å². The van der Waals surface area contributed by atoms with E-state index >= 15 is 0 Å². The van der Waals surface area contributed by atoms with Crippen molar-refractivity contribution in [3.63, 3.8) is 0 Å². The molecule has 7 aliphatic rings. The van der Waals surface area contributed by atoms with Crippen LogP contribution in [0.5, 0.6) is 5.75 Å². The SMILES string of the molecule is C1=C(OCC2CO2)CCC2=C1C=C(Oc1ccc3c(c1)C=C(OC1C=C4CC(OCC5CO5)CCC4CC1)CC3)CC2. The molecule has 5 aliphatic carbocycles. The number of benzene rings is 1. The van der Waals surface area contributed by atoms with Crippen molar-refractivity contribution in [2.45, 2.75) is 95.0 Å². The Morgan fingerprint density at radius 3 is 2.43 bits per heavy atom. The second kappa shape index (κ2) is 11.7. The first-order valence-electron chi connectivity index (χ1n) is 16.2. The van der Waals surface area contributed by atoms with E-state index in [1.807, 2.05) is 0 Å². The first-order valence-corrected chi connectivity index (χ1v) is 16.2. The summed E-state index contributed by atoms with van der Waals surface area (Å²) in [5, 5.41) is 0. The van der Waals surface area contributed by atoms with E-state index in [4.69, 9.17) is 28.4 Å². The summed E-state index contributed by atoms with van der Waals surface area (Å²) in [4.78, 5) is 0. The van der Waals surface area contributed by atoms with Crippen LogP contribution in [0.15, 0.2) is 70.4 Å². The summed E-state index contributed by atoms with van der Waals surface area (Å²) in [6, 6.07) is 6.53. The molecule has 0 aromatic heterocycles. The van der Waals surface area contributed by atoms with Gasteiger partial charge in [0.25, 0.3) is 0 Å². The predicted molar refractivity (Wildman–Crippen MR) is 160 cm³/mol. The molecule has 3 fully saturated rings. The third kappa shape index (κ3) is 6.41. The highest BCUT2D eigenvalue weighted by molar-refractivity contribution is 5.60. The fourth-order valence-electron chi connectivity index (χ4n) is 7.17. The minimum absolute atomic E-state index is 0.165. The molecule has 8 rings (SSSR count). The number of hydrogen-bond donors (Lipinski definition) is 0. The Bertz CT molecular complexity index is 1360. The molecule has 222 valence electrons. The highest BCUT2D eigenvalue weighted by atomic mass is 16.6. The molecule has 6 nitrogen and oxygen atoms in total. The van der Waals surface area contributed by atoms with Crippen LogP contribution < -0.4 is 4.74 Å². The number of rotatable bonds is 10. The number of fused-ring (bicyclic) bond motifs is 2. The number of ether oxygens (including phenoxy) is 6. The van der Waals surface area contributed by atoms with Crippen molar-refractivity contribution in [2.75, 3.05) is 26.4 Å². The van der Waals surface area contributed by atoms with Crippen LogP contribution in [-0.4, -0.2) is 50.8 Å². The summed E-state index contributed by atoms with van der Waals surface area (Å²) < 4.78 is 35.8. The Hall–Kier alpha value is -2.80. The number of epoxide rings is 2. The highest BCUT2D eigenvalue weighted by Crippen LogP contribution is 2.40. The Labute approximate surface area is 249 Å². The van der Waals surface area contributed by atoms with Crippen LogP contribution in [-0.2, 0) is 30.1 Å². The van der Waals surface area contributed by atoms with Gasteiger partial charge in [-0.2, -0.15) is 0 Å². The number of allylic oxidation sites excluding steroid dienone is 7. The van der Waals surface area contributed by atoms with Crippen LogP contribution >= 0.6 is 0 Å². The molecule has 1 aromatic carbocycles. The van der Waals surface area contributed by atoms with Gasteiger partial charge in [0, 0.05) is 19.3 Å². The molecule has 0 spiro atoms. The molecule has 0 N–H and O–H groups in total. The van der Waals surface area contributed by atoms with Gasteiger partial charge >= 0.3 is 0 Å². The molecule has 2 saturated heterocycles. The molecule has 6 heteroatoms. The van der Waals surface area contributed by atoms with E-state index in [0.29, 0.717) is 24.7 Å². The highest BCUT2D eigenvalue weighted by Gasteiger charge is 2.32. The average Bonchev–Trinajstić information content (AvgIpc) is 3.94. The molecular weight excluding hydrogens is 528 g/mol. The van der Waals surface area contributed by atoms with Crippen molar-refractivity contribution in [1.29, 1.82) is 0 Å². The second-order valence-corrected chi connectivity index (χ2v) is 13.0. The Kier molecular flexibility index (Phi) is 7.47. The lowest BCUT2D eigenvalue weighted by atomic mass is 9.76. The van der Waals surface area contributed by atoms with E-state index in [9.17, 15) is 0 Å². The molecule has 0 radical (unpaired) electrons. The summed E-state index contributed by atoms with van der Waals surface area (Å²) >= 11 is 0. The third-order valence-electron chi connectivity index (χ3n) is 9.82. The van der Waals surface area contributed by atoms with Crippen molar-refractivity contribution < 1.29 is 28.4 Å². The molecule has 42 heavy (non-hydrogen) atoms. The van der Waals surface area contributed by atoms with Gasteiger partial charge in [0.15, 0.2) is 0 Å². The second-order valence-electron chi connectivity index (χ2n) is 13.0. The van der Waals surface area contributed by atoms with Gasteiger partial charge in [-0.15, -0.1) is 0 Å². The first-order chi connectivity index (χ1) is 20.7. The summed E-state index contributed by atoms with van der Waals surface area (Å²) in [5.41, 5.74) is 6.91. The van der Waals surface area contributed by atoms with Crippen LogP contribution in [0.2, 0.25) is 0 Å². The zero-order chi connectivity index (χ0) is 27.9. The van der Waals surface area contributed by atoms with Crippen molar-refractivity contribution in [3.05, 3.63) is 81.6 Å². The van der Waals surface area contributed by atoms with Gasteiger partial charge in [0.05, 0.1) is 37.4 Å². The lowest BCUT2D eigenvalue weighted by Gasteiger charge is -2.36. The summed E-state index contributed by atoms with van der Waals surface area (Å²) in [6.45, 7) is 3.11. The van der Waals surface area contributed by atoms with E-state index in [1.165, 1.54) is 41.5 Å². The third-order valence-corrected chi connectivity index (χ3v) is 9.82. The van der Waals surface area contributed by atoms with Crippen LogP contribution in [0, 0.1) is 5.92 Å². The van der Waals surface area contributed by atoms with Gasteiger partial charge in [0.1, 0.15) is 36.4 Å². The van der Waals surface area contributed by atoms with E-state index in [-0.39, 0.29) is 12.2 Å². The lowest BCUT2D eigenvalue weighted by molar-refractivity contribution is 0.0200. The largest absolute Gasteiger partial charge is 0.495 e. The zero-order valence-electron chi connectivity index (χ0n) is 24.5. The molecule has 1 saturated carbocycles. The summed E-state index contributed by atoms with van der Waals surface area (Å²) in [5.74, 6) is 4.80. The monoisotopic (exact) mass is 570 g/mol. The van der Waals surface area contributed by atoms with Gasteiger partial charge in [-0.05, 0) is 110 Å². The molecule has 2 heterocycles. The quantitative estimate of drug-likeness (QED) is 0.221. The van der Waals surface area contributed by atoms with Crippen LogP contribution in [0.25, 0.3) is 6.08 Å². The van der Waals surface area contributed by atoms with Crippen molar-refractivity contribution in [3.8, 4) is 5.75 Å². The molecule has 5 unspecified atom stereocenters. The van der Waals surface area contributed by atoms with Crippen LogP contribution in [0.1, 0.15) is 75.3 Å². The van der Waals surface area contributed by atoms with Crippen molar-refractivity contribution >= 4 is 6.08 Å². The molecule has 5 atom stereocenters. The minimum Gasteiger partial charge on any atom is -0.495 e. The maximum atomic E-state index is 6.62. The standard InChI is InChI=1S/C36H42O6/c1-7-29(37-19-35-21-39-35)13-26-15-31(9-3-23(1)26)41-33-11-5-25-6-12-34(18-28(25)17-33)42-32-10-4-24-2-8-30(14-27(24)16-32)38-20-36-22-40-36/h5,11,13,15-18,24,30,32,35-36H,1-4,6-10,12,14,19-22H2. The van der Waals surface area contributed by atoms with E-state index in [0.717, 1.165) is 94.2 Å². The van der Waals surface area contributed by atoms with Gasteiger partial charge in [-0.25, -0.2) is 0 Å². The Morgan fingerprint density at radius 1 is 0.762 bits per heavy atom. The van der Waals surface area contributed by atoms with Crippen molar-refractivity contribution in [1.82, 2.24) is 0 Å². The summed E-state index contributed by atoms with van der Waals surface area (Å²) in [7, 11) is 0. The Morgan fingerprint density at radius 2 is 1.55 bits per heavy atom. The van der Waals surface area contributed by atoms with Crippen LogP contribution in [0.4, 0.5) is 0 Å². The van der Waals surface area contributed by atoms with E-state index in [1.54, 1.807) is 5.57 Å². The number of hydrogen-bond acceptors (Lipinski definition) is 6. The molecule has 0 bridgehead atoms. The summed E-state index contributed by atoms with van der Waals surface area (Å²) in [6.07, 6.45) is 22.0. The smallest absolute Gasteiger partial charge is 0.127 e. The normalized spacial score (nSPS) is 31.4. The van der Waals surface area contributed by atoms with Crippen molar-refractivity contribution in [2.24, 2.45) is 5.92 Å². The molecule has 1 aromatic rings. The fraction of sp³-hybridized carbons (Fsp3) is 0.556. The minimum atomic E-state index is 0.165. The maximum absolute atomic E-state index is 6.62. The average molecular weight is 571 g/mol. The van der Waals surface area contributed by atoms with Crippen LogP contribution in [0.3, 0.4) is 0 Å². The zero-order valence-corrected chi connectivity index (χ0v) is 24.5. The first kappa shape index (κ1) is 26.8. The molecule has 0 amide bonds. The van der Waals surface area contributed by atoms with E-state index < -0.39 is 0 Å². The Balaban J connectivity index is 0.911. The topological polar surface area (TPSA) is 62.0 Å². The lowest BCUT2D eigenvalue weighted by Crippen LogP contribution is -2.29. The van der Waals surface area contributed by atoms with Gasteiger partial charge in [-0.3, -0.25) is 0 Å². The fourth-order valence-corrected chi connectivity index (χ4v) is 7.17. The number of aryl methyl sites for hydroxylation is 1. The van der Waals surface area contributed by atoms with Gasteiger partial charge < -0.3 is 28.4 Å². The van der Waals surface area contributed by atoms with Gasteiger partial charge in [-0.1, -0.05) is 17.2 Å². The molecule has 2 aliphatic heterocycles. The van der Waals surface area contributed by atoms with Gasteiger partial charge in [0.2, 0.25) is 0 Å².